The van der Waals surface area contributed by atoms with Gasteiger partial charge in [-0.3, -0.25) is 0 Å². The van der Waals surface area contributed by atoms with Crippen LogP contribution < -0.4 is 24.0 Å². The van der Waals surface area contributed by atoms with Crippen LogP contribution in [0.1, 0.15) is 44.4 Å². The number of para-hydroxylation sites is 2. The van der Waals surface area contributed by atoms with E-state index in [2.05, 4.69) is 37.6 Å². The summed E-state index contributed by atoms with van der Waals surface area (Å²) >= 11 is 0. The number of benzene rings is 5. The van der Waals surface area contributed by atoms with Gasteiger partial charge in [-0.15, -0.1) is 0 Å². The molecule has 0 bridgehead atoms. The Kier molecular flexibility index (Phi) is 14.3. The lowest BCUT2D eigenvalue weighted by molar-refractivity contribution is -0.0819. The quantitative estimate of drug-likeness (QED) is 0.0781. The first-order chi connectivity index (χ1) is 30.7. The Morgan fingerprint density at radius 3 is 1.70 bits per heavy atom. The largest absolute Gasteiger partial charge is 0.497 e. The molecule has 0 spiro atoms. The summed E-state index contributed by atoms with van der Waals surface area (Å²) in [5, 5.41) is 10.7. The lowest BCUT2D eigenvalue weighted by Gasteiger charge is -2.37. The van der Waals surface area contributed by atoms with Crippen LogP contribution in [0.4, 0.5) is 22.1 Å². The van der Waals surface area contributed by atoms with Crippen molar-refractivity contribution in [3.8, 4) is 17.4 Å². The van der Waals surface area contributed by atoms with Crippen molar-refractivity contribution in [2.45, 2.75) is 58.0 Å². The summed E-state index contributed by atoms with van der Waals surface area (Å²) in [6.45, 7) is 8.45. The molecule has 1 atom stereocenters. The van der Waals surface area contributed by atoms with Crippen molar-refractivity contribution in [3.05, 3.63) is 163 Å². The SMILES string of the molecule is COc1ccc(C(OCC(CO)OCCn2cnc3c(OC(=O)N(c4ccccc4)c4ccccc4)nc(N(C(C)C)C(C)C)nc32)(c2ccccc2)c2ccc(OC)cc2)cc1. The summed E-state index contributed by atoms with van der Waals surface area (Å²) in [5.74, 6) is 1.84. The van der Waals surface area contributed by atoms with Crippen LogP contribution in [-0.4, -0.2) is 82.9 Å². The number of amides is 1. The number of nitrogens with zero attached hydrogens (tertiary/aromatic N) is 6. The highest BCUT2D eigenvalue weighted by Crippen LogP contribution is 2.42. The molecule has 1 unspecified atom stereocenters. The fourth-order valence-electron chi connectivity index (χ4n) is 7.72. The molecule has 7 rings (SSSR count). The van der Waals surface area contributed by atoms with Crippen LogP contribution in [0.3, 0.4) is 0 Å². The minimum Gasteiger partial charge on any atom is -0.497 e. The van der Waals surface area contributed by atoms with E-state index in [1.54, 1.807) is 20.5 Å². The Morgan fingerprint density at radius 2 is 1.21 bits per heavy atom. The number of imidazole rings is 1. The number of aliphatic hydroxyl groups excluding tert-OH is 1. The predicted octanol–water partition coefficient (Wildman–Crippen LogP) is 9.19. The van der Waals surface area contributed by atoms with Crippen molar-refractivity contribution < 1.29 is 33.6 Å². The Morgan fingerprint density at radius 1 is 0.698 bits per heavy atom. The number of fused-ring (bicyclic) bond motifs is 1. The Labute approximate surface area is 368 Å². The minimum atomic E-state index is -1.09. The number of hydrogen-bond acceptors (Lipinski definition) is 11. The topological polar surface area (TPSA) is 134 Å². The molecule has 0 fully saturated rings. The zero-order valence-corrected chi connectivity index (χ0v) is 36.5. The lowest BCUT2D eigenvalue weighted by Crippen LogP contribution is -2.38. The van der Waals surface area contributed by atoms with Crippen LogP contribution >= 0.6 is 0 Å². The molecule has 5 aromatic carbocycles. The van der Waals surface area contributed by atoms with E-state index >= 15 is 0 Å². The standard InChI is InChI=1S/C50H54N6O7/c1-35(2)55(36(3)4)48-52-46-45(47(53-48)63-49(58)56(40-18-12-8-13-19-40)41-20-14-9-15-21-41)51-34-54(46)30-31-61-44(32-57)33-62-50(37-16-10-7-11-17-37,38-22-26-42(59-5)27-23-38)39-24-28-43(60-6)29-25-39/h7-29,34-36,44,57H,30-33H2,1-6H3. The maximum absolute atomic E-state index is 14.2. The van der Waals surface area contributed by atoms with Gasteiger partial charge in [-0.1, -0.05) is 91.0 Å². The van der Waals surface area contributed by atoms with Gasteiger partial charge in [0.05, 0.1) is 51.7 Å². The number of hydrogen-bond donors (Lipinski definition) is 1. The number of ether oxygens (including phenoxy) is 5. The van der Waals surface area contributed by atoms with Gasteiger partial charge in [-0.05, 0) is 92.9 Å². The molecule has 63 heavy (non-hydrogen) atoms. The van der Waals surface area contributed by atoms with Crippen LogP contribution in [0.15, 0.2) is 146 Å². The van der Waals surface area contributed by atoms with Crippen molar-refractivity contribution in [1.29, 1.82) is 0 Å². The second kappa shape index (κ2) is 20.4. The summed E-state index contributed by atoms with van der Waals surface area (Å²) in [6, 6.07) is 44.2. The zero-order chi connectivity index (χ0) is 44.3. The van der Waals surface area contributed by atoms with Gasteiger partial charge < -0.3 is 38.3 Å². The average molecular weight is 851 g/mol. The maximum Gasteiger partial charge on any atom is 0.425 e. The van der Waals surface area contributed by atoms with Crippen LogP contribution in [0.25, 0.3) is 11.2 Å². The average Bonchev–Trinajstić information content (AvgIpc) is 3.72. The highest BCUT2D eigenvalue weighted by Gasteiger charge is 2.39. The molecular formula is C50H54N6O7. The normalized spacial score (nSPS) is 12.1. The molecule has 0 aliphatic heterocycles. The number of aromatic nitrogens is 4. The predicted molar refractivity (Wildman–Crippen MR) is 244 cm³/mol. The molecule has 2 aromatic heterocycles. The Balaban J connectivity index is 1.17. The molecule has 0 aliphatic rings. The first kappa shape index (κ1) is 44.3. The number of carbonyl (C=O) groups is 1. The van der Waals surface area contributed by atoms with Crippen molar-refractivity contribution in [3.63, 3.8) is 0 Å². The third kappa shape index (κ3) is 9.81. The van der Waals surface area contributed by atoms with Gasteiger partial charge in [-0.25, -0.2) is 14.7 Å². The summed E-state index contributed by atoms with van der Waals surface area (Å²) in [7, 11) is 3.26. The second-order valence-corrected chi connectivity index (χ2v) is 15.4. The highest BCUT2D eigenvalue weighted by molar-refractivity contribution is 5.98. The van der Waals surface area contributed by atoms with Crippen molar-refractivity contribution in [1.82, 2.24) is 19.5 Å². The van der Waals surface area contributed by atoms with E-state index < -0.39 is 17.8 Å². The van der Waals surface area contributed by atoms with E-state index in [1.807, 2.05) is 144 Å². The monoisotopic (exact) mass is 850 g/mol. The summed E-state index contributed by atoms with van der Waals surface area (Å²) in [4.78, 5) is 32.2. The number of rotatable bonds is 19. The number of aliphatic hydroxyl groups is 1. The second-order valence-electron chi connectivity index (χ2n) is 15.4. The molecule has 13 heteroatoms. The number of anilines is 3. The van der Waals surface area contributed by atoms with Crippen LogP contribution in [0.5, 0.6) is 17.4 Å². The van der Waals surface area contributed by atoms with E-state index in [-0.39, 0.29) is 37.8 Å². The number of carbonyl (C=O) groups excluding carboxylic acids is 1. The zero-order valence-electron chi connectivity index (χ0n) is 36.5. The first-order valence-electron chi connectivity index (χ1n) is 21.0. The van der Waals surface area contributed by atoms with Crippen molar-refractivity contribution in [2.24, 2.45) is 0 Å². The first-order valence-corrected chi connectivity index (χ1v) is 21.0. The summed E-state index contributed by atoms with van der Waals surface area (Å²) in [5.41, 5.74) is 3.56. The molecule has 13 nitrogen and oxygen atoms in total. The molecule has 0 saturated carbocycles. The van der Waals surface area contributed by atoms with Gasteiger partial charge in [0.2, 0.25) is 5.95 Å². The van der Waals surface area contributed by atoms with E-state index in [0.29, 0.717) is 46.5 Å². The van der Waals surface area contributed by atoms with E-state index in [4.69, 9.17) is 33.7 Å². The molecule has 0 saturated heterocycles. The van der Waals surface area contributed by atoms with Crippen LogP contribution in [-0.2, 0) is 21.6 Å². The van der Waals surface area contributed by atoms with Crippen molar-refractivity contribution >= 4 is 34.6 Å². The maximum atomic E-state index is 14.2. The van der Waals surface area contributed by atoms with E-state index in [1.165, 1.54) is 4.90 Å². The molecule has 1 N–H and O–H groups in total. The fourth-order valence-corrected chi connectivity index (χ4v) is 7.72. The Hall–Kier alpha value is -6.80. The van der Waals surface area contributed by atoms with Crippen LogP contribution in [0.2, 0.25) is 0 Å². The summed E-state index contributed by atoms with van der Waals surface area (Å²) < 4.78 is 32.3. The molecule has 2 heterocycles. The van der Waals surface area contributed by atoms with Gasteiger partial charge in [0.1, 0.15) is 23.2 Å². The van der Waals surface area contributed by atoms with Gasteiger partial charge >= 0.3 is 6.09 Å². The third-order valence-electron chi connectivity index (χ3n) is 10.7. The van der Waals surface area contributed by atoms with Gasteiger partial charge in [0.15, 0.2) is 11.2 Å². The lowest BCUT2D eigenvalue weighted by atomic mass is 9.80. The van der Waals surface area contributed by atoms with E-state index in [0.717, 1.165) is 16.7 Å². The highest BCUT2D eigenvalue weighted by atomic mass is 16.6. The number of methoxy groups -OCH3 is 2. The molecule has 0 aliphatic carbocycles. The molecule has 1 amide bonds. The molecule has 0 radical (unpaired) electrons. The van der Waals surface area contributed by atoms with E-state index in [9.17, 15) is 9.90 Å². The van der Waals surface area contributed by atoms with Gasteiger partial charge in [0.25, 0.3) is 5.88 Å². The van der Waals surface area contributed by atoms with Gasteiger partial charge in [-0.2, -0.15) is 9.97 Å². The molecule has 326 valence electrons. The van der Waals surface area contributed by atoms with Gasteiger partial charge in [0, 0.05) is 18.6 Å². The minimum absolute atomic E-state index is 0.0266. The molecular weight excluding hydrogens is 797 g/mol. The van der Waals surface area contributed by atoms with Crippen LogP contribution in [0, 0.1) is 0 Å². The third-order valence-corrected chi connectivity index (χ3v) is 10.7. The smallest absolute Gasteiger partial charge is 0.425 e. The van der Waals surface area contributed by atoms with Crippen molar-refractivity contribution in [2.75, 3.05) is 43.8 Å². The fraction of sp³-hybridized carbons (Fsp3) is 0.280. The Bertz CT molecular complexity index is 2420. The summed E-state index contributed by atoms with van der Waals surface area (Å²) in [6.07, 6.45) is 0.266. The molecule has 7 aromatic rings.